The van der Waals surface area contributed by atoms with Crippen LogP contribution in [0.4, 0.5) is 4.39 Å². The molecule has 0 aliphatic rings. The van der Waals surface area contributed by atoms with Crippen molar-refractivity contribution in [1.82, 2.24) is 5.32 Å². The number of aliphatic hydroxyl groups excluding tert-OH is 1. The lowest BCUT2D eigenvalue weighted by atomic mass is 10.1. The van der Waals surface area contributed by atoms with E-state index < -0.39 is 5.82 Å². The van der Waals surface area contributed by atoms with Gasteiger partial charge in [0.1, 0.15) is 11.6 Å². The van der Waals surface area contributed by atoms with E-state index in [1.807, 2.05) is 6.92 Å². The van der Waals surface area contributed by atoms with Crippen molar-refractivity contribution < 1.29 is 18.7 Å². The number of benzene rings is 1. The van der Waals surface area contributed by atoms with Gasteiger partial charge in [0, 0.05) is 13.2 Å². The van der Waals surface area contributed by atoms with Crippen LogP contribution in [-0.4, -0.2) is 24.2 Å². The Kier molecular flexibility index (Phi) is 4.53. The van der Waals surface area contributed by atoms with E-state index in [9.17, 15) is 9.18 Å². The molecule has 0 aliphatic heterocycles. The van der Waals surface area contributed by atoms with Gasteiger partial charge in [0.2, 0.25) is 0 Å². The number of hydrogen-bond acceptors (Lipinski definition) is 3. The predicted octanol–water partition coefficient (Wildman–Crippen LogP) is 2.44. The van der Waals surface area contributed by atoms with Crippen molar-refractivity contribution in [1.29, 1.82) is 0 Å². The molecule has 0 spiro atoms. The van der Waals surface area contributed by atoms with E-state index in [4.69, 9.17) is 9.52 Å². The number of carbonyl (C=O) groups is 1. The molecule has 1 aromatic carbocycles. The topological polar surface area (TPSA) is 62.5 Å². The first-order valence-electron chi connectivity index (χ1n) is 6.35. The van der Waals surface area contributed by atoms with Crippen LogP contribution in [0.5, 0.6) is 0 Å². The Hall–Kier alpha value is -2.14. The number of aliphatic hydroxyl groups is 1. The van der Waals surface area contributed by atoms with Crippen LogP contribution < -0.4 is 5.32 Å². The Morgan fingerprint density at radius 1 is 1.35 bits per heavy atom. The summed E-state index contributed by atoms with van der Waals surface area (Å²) in [6.45, 7) is 2.16. The summed E-state index contributed by atoms with van der Waals surface area (Å²) in [6.07, 6.45) is 0. The molecule has 1 amide bonds. The van der Waals surface area contributed by atoms with Gasteiger partial charge in [-0.05, 0) is 30.2 Å². The fourth-order valence-electron chi connectivity index (χ4n) is 1.68. The molecule has 0 saturated heterocycles. The van der Waals surface area contributed by atoms with E-state index in [-0.39, 0.29) is 24.2 Å². The van der Waals surface area contributed by atoms with Gasteiger partial charge in [-0.15, -0.1) is 0 Å². The first kappa shape index (κ1) is 14.3. The van der Waals surface area contributed by atoms with Crippen LogP contribution in [-0.2, 0) is 0 Å². The minimum Gasteiger partial charge on any atom is -0.451 e. The lowest BCUT2D eigenvalue weighted by Crippen LogP contribution is -2.29. The second-order valence-corrected chi connectivity index (χ2v) is 4.64. The van der Waals surface area contributed by atoms with Gasteiger partial charge in [-0.3, -0.25) is 4.79 Å². The lowest BCUT2D eigenvalue weighted by Gasteiger charge is -2.08. The minimum atomic E-state index is -0.400. The second-order valence-electron chi connectivity index (χ2n) is 4.64. The van der Waals surface area contributed by atoms with E-state index in [1.54, 1.807) is 24.3 Å². The van der Waals surface area contributed by atoms with Gasteiger partial charge in [-0.25, -0.2) is 4.39 Å². The van der Waals surface area contributed by atoms with Crippen molar-refractivity contribution in [3.05, 3.63) is 48.0 Å². The highest BCUT2D eigenvalue weighted by Gasteiger charge is 2.14. The number of halogens is 1. The SMILES string of the molecule is CC(CO)CNC(=O)c1ccc(-c2ccccc2F)o1. The average Bonchev–Trinajstić information content (AvgIpc) is 2.94. The van der Waals surface area contributed by atoms with Crippen molar-refractivity contribution in [2.24, 2.45) is 5.92 Å². The number of rotatable bonds is 5. The monoisotopic (exact) mass is 277 g/mol. The van der Waals surface area contributed by atoms with Crippen molar-refractivity contribution in [3.8, 4) is 11.3 Å². The minimum absolute atomic E-state index is 0.00108. The van der Waals surface area contributed by atoms with Crippen LogP contribution in [0.1, 0.15) is 17.5 Å². The maximum Gasteiger partial charge on any atom is 0.287 e. The van der Waals surface area contributed by atoms with Crippen molar-refractivity contribution in [3.63, 3.8) is 0 Å². The summed E-state index contributed by atoms with van der Waals surface area (Å²) >= 11 is 0. The Labute approximate surface area is 116 Å². The van der Waals surface area contributed by atoms with Gasteiger partial charge >= 0.3 is 0 Å². The second kappa shape index (κ2) is 6.34. The standard InChI is InChI=1S/C15H16FNO3/c1-10(9-18)8-17-15(19)14-7-6-13(20-14)11-4-2-3-5-12(11)16/h2-7,10,18H,8-9H2,1H3,(H,17,19). The zero-order valence-electron chi connectivity index (χ0n) is 11.1. The summed E-state index contributed by atoms with van der Waals surface area (Å²) < 4.78 is 19.0. The summed E-state index contributed by atoms with van der Waals surface area (Å²) in [5.74, 6) is -0.382. The number of hydrogen-bond donors (Lipinski definition) is 2. The van der Waals surface area contributed by atoms with E-state index in [0.717, 1.165) is 0 Å². The number of furan rings is 1. The first-order chi connectivity index (χ1) is 9.61. The molecular weight excluding hydrogens is 261 g/mol. The average molecular weight is 277 g/mol. The number of amides is 1. The summed E-state index contributed by atoms with van der Waals surface area (Å²) in [5, 5.41) is 11.5. The van der Waals surface area contributed by atoms with Crippen molar-refractivity contribution in [2.45, 2.75) is 6.92 Å². The molecule has 2 aromatic rings. The van der Waals surface area contributed by atoms with Gasteiger partial charge in [0.05, 0.1) is 5.56 Å². The zero-order chi connectivity index (χ0) is 14.5. The molecular formula is C15H16FNO3. The molecule has 2 rings (SSSR count). The molecule has 0 fully saturated rings. The highest BCUT2D eigenvalue weighted by Crippen LogP contribution is 2.24. The molecule has 0 bridgehead atoms. The molecule has 2 N–H and O–H groups in total. The molecule has 1 heterocycles. The third-order valence-electron chi connectivity index (χ3n) is 2.89. The number of carbonyl (C=O) groups excluding carboxylic acids is 1. The molecule has 106 valence electrons. The van der Waals surface area contributed by atoms with Crippen LogP contribution in [0.25, 0.3) is 11.3 Å². The Balaban J connectivity index is 2.09. The summed E-state index contributed by atoms with van der Waals surface area (Å²) in [6, 6.07) is 9.27. The van der Waals surface area contributed by atoms with Crippen LogP contribution in [0.15, 0.2) is 40.8 Å². The number of nitrogens with one attached hydrogen (secondary N) is 1. The smallest absolute Gasteiger partial charge is 0.287 e. The molecule has 1 atom stereocenters. The maximum absolute atomic E-state index is 13.6. The molecule has 0 radical (unpaired) electrons. The molecule has 0 aliphatic carbocycles. The Morgan fingerprint density at radius 2 is 2.10 bits per heavy atom. The van der Waals surface area contributed by atoms with Crippen molar-refractivity contribution in [2.75, 3.05) is 13.2 Å². The molecule has 5 heteroatoms. The molecule has 4 nitrogen and oxygen atoms in total. The van der Waals surface area contributed by atoms with Gasteiger partial charge in [0.15, 0.2) is 5.76 Å². The maximum atomic E-state index is 13.6. The van der Waals surface area contributed by atoms with E-state index in [1.165, 1.54) is 12.1 Å². The van der Waals surface area contributed by atoms with E-state index >= 15 is 0 Å². The molecule has 0 saturated carbocycles. The fraction of sp³-hybridized carbons (Fsp3) is 0.267. The highest BCUT2D eigenvalue weighted by molar-refractivity contribution is 5.92. The quantitative estimate of drug-likeness (QED) is 0.882. The third-order valence-corrected chi connectivity index (χ3v) is 2.89. The molecule has 1 unspecified atom stereocenters. The third kappa shape index (κ3) is 3.24. The lowest BCUT2D eigenvalue weighted by molar-refractivity contribution is 0.0915. The van der Waals surface area contributed by atoms with Gasteiger partial charge in [-0.1, -0.05) is 19.1 Å². The molecule has 20 heavy (non-hydrogen) atoms. The largest absolute Gasteiger partial charge is 0.451 e. The summed E-state index contributed by atoms with van der Waals surface area (Å²) in [4.78, 5) is 11.8. The summed E-state index contributed by atoms with van der Waals surface area (Å²) in [7, 11) is 0. The van der Waals surface area contributed by atoms with Gasteiger partial charge in [-0.2, -0.15) is 0 Å². The zero-order valence-corrected chi connectivity index (χ0v) is 11.1. The van der Waals surface area contributed by atoms with Gasteiger partial charge in [0.25, 0.3) is 5.91 Å². The van der Waals surface area contributed by atoms with Crippen molar-refractivity contribution >= 4 is 5.91 Å². The van der Waals surface area contributed by atoms with Gasteiger partial charge < -0.3 is 14.8 Å². The Morgan fingerprint density at radius 3 is 2.80 bits per heavy atom. The van der Waals surface area contributed by atoms with Crippen LogP contribution in [0.3, 0.4) is 0 Å². The fourth-order valence-corrected chi connectivity index (χ4v) is 1.68. The normalized spacial score (nSPS) is 12.2. The summed E-state index contributed by atoms with van der Waals surface area (Å²) in [5.41, 5.74) is 0.315. The van der Waals surface area contributed by atoms with E-state index in [0.29, 0.717) is 17.9 Å². The van der Waals surface area contributed by atoms with Crippen LogP contribution in [0.2, 0.25) is 0 Å². The molecule has 1 aromatic heterocycles. The van der Waals surface area contributed by atoms with Crippen LogP contribution in [0, 0.1) is 11.7 Å². The van der Waals surface area contributed by atoms with E-state index in [2.05, 4.69) is 5.32 Å². The first-order valence-corrected chi connectivity index (χ1v) is 6.35. The predicted molar refractivity (Wildman–Crippen MR) is 72.7 cm³/mol. The Bertz CT molecular complexity index is 594. The van der Waals surface area contributed by atoms with Crippen LogP contribution >= 0.6 is 0 Å². The highest BCUT2D eigenvalue weighted by atomic mass is 19.1.